The van der Waals surface area contributed by atoms with Gasteiger partial charge in [0.25, 0.3) is 0 Å². The van der Waals surface area contributed by atoms with Crippen molar-refractivity contribution < 1.29 is 28.9 Å². The van der Waals surface area contributed by atoms with Gasteiger partial charge in [-0.15, -0.1) is 0 Å². The van der Waals surface area contributed by atoms with Crippen molar-refractivity contribution in [2.24, 2.45) is 0 Å². The van der Waals surface area contributed by atoms with Crippen LogP contribution in [-0.4, -0.2) is 54.5 Å². The predicted molar refractivity (Wildman–Crippen MR) is 80.4 cm³/mol. The molecule has 0 bridgehead atoms. The first-order valence-corrected chi connectivity index (χ1v) is 7.77. The molecule has 2 heterocycles. The van der Waals surface area contributed by atoms with Crippen LogP contribution in [0.1, 0.15) is 40.0 Å². The van der Waals surface area contributed by atoms with Gasteiger partial charge in [-0.2, -0.15) is 0 Å². The van der Waals surface area contributed by atoms with Crippen molar-refractivity contribution in [1.82, 2.24) is 0 Å². The van der Waals surface area contributed by atoms with Crippen molar-refractivity contribution >= 4 is 12.3 Å². The number of epoxide rings is 2. The highest BCUT2D eigenvalue weighted by atomic mass is 16.6. The third-order valence-electron chi connectivity index (χ3n) is 3.58. The SMILES string of the molecule is C=C(C[C@@H](O)[C@@H]1O[C@@H]1CC)C(=O)OCC.CC[C@H]1O[C@H]1C=O. The number of esters is 1. The maximum atomic E-state index is 11.2. The minimum Gasteiger partial charge on any atom is -0.463 e. The Bertz CT molecular complexity index is 394. The molecule has 6 heteroatoms. The van der Waals surface area contributed by atoms with Crippen LogP contribution in [0.3, 0.4) is 0 Å². The molecule has 0 spiro atoms. The summed E-state index contributed by atoms with van der Waals surface area (Å²) in [5, 5.41) is 9.68. The Morgan fingerprint density at radius 1 is 1.27 bits per heavy atom. The first kappa shape index (κ1) is 18.8. The van der Waals surface area contributed by atoms with Crippen molar-refractivity contribution in [3.05, 3.63) is 12.2 Å². The van der Waals surface area contributed by atoms with E-state index in [1.54, 1.807) is 6.92 Å². The quantitative estimate of drug-likeness (QED) is 0.315. The zero-order valence-electron chi connectivity index (χ0n) is 13.5. The van der Waals surface area contributed by atoms with Crippen molar-refractivity contribution in [3.63, 3.8) is 0 Å². The fraction of sp³-hybridized carbons (Fsp3) is 0.750. The fourth-order valence-electron chi connectivity index (χ4n) is 2.11. The average molecular weight is 314 g/mol. The molecule has 1 N–H and O–H groups in total. The molecule has 0 amide bonds. The highest BCUT2D eigenvalue weighted by Crippen LogP contribution is 2.30. The molecule has 0 unspecified atom stereocenters. The summed E-state index contributed by atoms with van der Waals surface area (Å²) < 4.78 is 14.8. The van der Waals surface area contributed by atoms with Gasteiger partial charge in [-0.05, 0) is 19.8 Å². The predicted octanol–water partition coefficient (Wildman–Crippen LogP) is 1.40. The van der Waals surface area contributed by atoms with Gasteiger partial charge in [0.15, 0.2) is 6.29 Å². The molecule has 5 atom stereocenters. The van der Waals surface area contributed by atoms with Crippen LogP contribution < -0.4 is 0 Å². The normalized spacial score (nSPS) is 29.6. The summed E-state index contributed by atoms with van der Waals surface area (Å²) in [5.41, 5.74) is 0.301. The maximum Gasteiger partial charge on any atom is 0.333 e. The lowest BCUT2D eigenvalue weighted by Crippen LogP contribution is -2.20. The zero-order chi connectivity index (χ0) is 16.7. The summed E-state index contributed by atoms with van der Waals surface area (Å²) in [6.45, 7) is 9.65. The second-order valence-electron chi connectivity index (χ2n) is 5.33. The molecule has 2 aliphatic heterocycles. The van der Waals surface area contributed by atoms with Crippen LogP contribution in [0.25, 0.3) is 0 Å². The summed E-state index contributed by atoms with van der Waals surface area (Å²) in [4.78, 5) is 21.0. The molecule has 22 heavy (non-hydrogen) atoms. The second kappa shape index (κ2) is 9.02. The summed E-state index contributed by atoms with van der Waals surface area (Å²) in [7, 11) is 0. The van der Waals surface area contributed by atoms with Gasteiger partial charge >= 0.3 is 5.97 Å². The number of hydrogen-bond donors (Lipinski definition) is 1. The number of hydrogen-bond acceptors (Lipinski definition) is 6. The second-order valence-corrected chi connectivity index (χ2v) is 5.33. The lowest BCUT2D eigenvalue weighted by atomic mass is 10.0. The lowest BCUT2D eigenvalue weighted by molar-refractivity contribution is -0.138. The van der Waals surface area contributed by atoms with Gasteiger partial charge in [-0.25, -0.2) is 4.79 Å². The van der Waals surface area contributed by atoms with E-state index < -0.39 is 12.1 Å². The zero-order valence-corrected chi connectivity index (χ0v) is 13.5. The first-order valence-electron chi connectivity index (χ1n) is 7.77. The van der Waals surface area contributed by atoms with Crippen molar-refractivity contribution in [2.75, 3.05) is 6.61 Å². The van der Waals surface area contributed by atoms with E-state index in [4.69, 9.17) is 14.2 Å². The summed E-state index contributed by atoms with van der Waals surface area (Å²) in [6.07, 6.45) is 2.45. The van der Waals surface area contributed by atoms with Crippen molar-refractivity contribution in [2.45, 2.75) is 70.6 Å². The molecule has 2 rings (SSSR count). The number of carbonyl (C=O) groups excluding carboxylic acids is 2. The molecule has 2 aliphatic rings. The number of rotatable bonds is 8. The van der Waals surface area contributed by atoms with Crippen LogP contribution in [-0.2, 0) is 23.8 Å². The molecule has 0 aromatic rings. The Morgan fingerprint density at radius 2 is 1.91 bits per heavy atom. The molecule has 2 saturated heterocycles. The Kier molecular flexibility index (Phi) is 7.72. The molecule has 126 valence electrons. The van der Waals surface area contributed by atoms with Gasteiger partial charge in [0, 0.05) is 12.0 Å². The van der Waals surface area contributed by atoms with Gasteiger partial charge in [0.2, 0.25) is 0 Å². The molecule has 0 aromatic carbocycles. The van der Waals surface area contributed by atoms with E-state index in [2.05, 4.69) is 6.58 Å². The molecular formula is C16H26O6. The Labute approximate surface area is 131 Å². The third kappa shape index (κ3) is 5.87. The van der Waals surface area contributed by atoms with Crippen LogP contribution in [0.4, 0.5) is 0 Å². The van der Waals surface area contributed by atoms with E-state index in [0.29, 0.717) is 12.2 Å². The van der Waals surface area contributed by atoms with Gasteiger partial charge in [-0.1, -0.05) is 20.4 Å². The lowest BCUT2D eigenvalue weighted by Gasteiger charge is -2.09. The molecule has 0 aliphatic carbocycles. The average Bonchev–Trinajstić information content (AvgIpc) is 3.40. The Morgan fingerprint density at radius 3 is 2.27 bits per heavy atom. The molecule has 0 aromatic heterocycles. The number of aldehydes is 1. The fourth-order valence-corrected chi connectivity index (χ4v) is 2.11. The topological polar surface area (TPSA) is 88.7 Å². The first-order chi connectivity index (χ1) is 10.5. The standard InChI is InChI=1S/C11H18O4.C5H8O2/c1-4-9-10(15-9)8(12)6-7(3)11(13)14-5-2;1-2-4-5(3-6)7-4/h8-10,12H,3-6H2,1-2H3;3-5H,2H2,1H3/t8-,9-,10+;4-,5+/m11/s1. The van der Waals surface area contributed by atoms with Crippen LogP contribution in [0.2, 0.25) is 0 Å². The molecular weight excluding hydrogens is 288 g/mol. The van der Waals surface area contributed by atoms with Gasteiger partial charge in [0.05, 0.1) is 24.9 Å². The molecule has 0 radical (unpaired) electrons. The maximum absolute atomic E-state index is 11.2. The minimum atomic E-state index is -0.646. The summed E-state index contributed by atoms with van der Waals surface area (Å²) in [6, 6.07) is 0. The smallest absolute Gasteiger partial charge is 0.333 e. The summed E-state index contributed by atoms with van der Waals surface area (Å²) >= 11 is 0. The van der Waals surface area contributed by atoms with Crippen molar-refractivity contribution in [1.29, 1.82) is 0 Å². The number of carbonyl (C=O) groups is 2. The van der Waals surface area contributed by atoms with Crippen LogP contribution >= 0.6 is 0 Å². The monoisotopic (exact) mass is 314 g/mol. The highest BCUT2D eigenvalue weighted by molar-refractivity contribution is 5.87. The van der Waals surface area contributed by atoms with E-state index in [-0.39, 0.29) is 30.8 Å². The van der Waals surface area contributed by atoms with E-state index >= 15 is 0 Å². The Hall–Kier alpha value is -1.24. The van der Waals surface area contributed by atoms with Gasteiger partial charge in [-0.3, -0.25) is 0 Å². The van der Waals surface area contributed by atoms with Crippen molar-refractivity contribution in [3.8, 4) is 0 Å². The molecule has 0 saturated carbocycles. The largest absolute Gasteiger partial charge is 0.463 e. The number of aliphatic hydroxyl groups excluding tert-OH is 1. The number of ether oxygens (including phenoxy) is 3. The van der Waals surface area contributed by atoms with Gasteiger partial charge < -0.3 is 24.1 Å². The third-order valence-corrected chi connectivity index (χ3v) is 3.58. The van der Waals surface area contributed by atoms with Crippen LogP contribution in [0.5, 0.6) is 0 Å². The van der Waals surface area contributed by atoms with E-state index in [1.165, 1.54) is 0 Å². The van der Waals surface area contributed by atoms with E-state index in [9.17, 15) is 14.7 Å². The van der Waals surface area contributed by atoms with Crippen LogP contribution in [0.15, 0.2) is 12.2 Å². The van der Waals surface area contributed by atoms with Gasteiger partial charge in [0.1, 0.15) is 12.2 Å². The molecule has 6 nitrogen and oxygen atoms in total. The highest BCUT2D eigenvalue weighted by Gasteiger charge is 2.43. The number of aliphatic hydroxyl groups is 1. The summed E-state index contributed by atoms with van der Waals surface area (Å²) in [5.74, 6) is -0.440. The van der Waals surface area contributed by atoms with E-state index in [0.717, 1.165) is 19.1 Å². The minimum absolute atomic E-state index is 0.0648. The van der Waals surface area contributed by atoms with Crippen LogP contribution in [0, 0.1) is 0 Å². The Balaban J connectivity index is 0.000000287. The molecule has 2 fully saturated rings. The van der Waals surface area contributed by atoms with E-state index in [1.807, 2.05) is 13.8 Å².